The first-order chi connectivity index (χ1) is 15.8. The van der Waals surface area contributed by atoms with Gasteiger partial charge in [-0.1, -0.05) is 122 Å². The Morgan fingerprint density at radius 1 is 0.727 bits per heavy atom. The van der Waals surface area contributed by atoms with Crippen LogP contribution in [-0.2, 0) is 10.1 Å². The van der Waals surface area contributed by atoms with Crippen LogP contribution in [0.4, 0.5) is 0 Å². The molecule has 0 bridgehead atoms. The second kappa shape index (κ2) is 21.4. The SMILES string of the molecule is C=Cc1ccc(S(=O)(=O)[O-])cc1.CCCCCCCCCCCCCCCCCC[NH+](C)C. The first-order valence-electron chi connectivity index (χ1n) is 13.3. The molecule has 4 nitrogen and oxygen atoms in total. The fourth-order valence-corrected chi connectivity index (χ4v) is 4.27. The summed E-state index contributed by atoms with van der Waals surface area (Å²) in [5.41, 5.74) is 0.780. The highest BCUT2D eigenvalue weighted by Crippen LogP contribution is 2.13. The van der Waals surface area contributed by atoms with Crippen molar-refractivity contribution in [3.8, 4) is 0 Å². The Kier molecular flexibility index (Phi) is 20.6. The topological polar surface area (TPSA) is 61.6 Å². The van der Waals surface area contributed by atoms with E-state index in [1.165, 1.54) is 134 Å². The zero-order valence-corrected chi connectivity index (χ0v) is 22.6. The monoisotopic (exact) mass is 481 g/mol. The van der Waals surface area contributed by atoms with Crippen molar-refractivity contribution in [1.29, 1.82) is 0 Å². The molecule has 0 heterocycles. The van der Waals surface area contributed by atoms with Gasteiger partial charge in [0.25, 0.3) is 0 Å². The molecule has 0 aliphatic carbocycles. The minimum atomic E-state index is -4.31. The van der Waals surface area contributed by atoms with Crippen LogP contribution < -0.4 is 4.90 Å². The minimum absolute atomic E-state index is 0.215. The first kappa shape index (κ1) is 31.8. The van der Waals surface area contributed by atoms with E-state index in [4.69, 9.17) is 0 Å². The molecule has 33 heavy (non-hydrogen) atoms. The summed E-state index contributed by atoms with van der Waals surface area (Å²) < 4.78 is 31.4. The highest BCUT2D eigenvalue weighted by atomic mass is 32.2. The van der Waals surface area contributed by atoms with Gasteiger partial charge in [0.05, 0.1) is 25.5 Å². The van der Waals surface area contributed by atoms with Crippen molar-refractivity contribution in [2.75, 3.05) is 20.6 Å². The summed E-state index contributed by atoms with van der Waals surface area (Å²) >= 11 is 0. The van der Waals surface area contributed by atoms with E-state index in [1.807, 2.05) is 0 Å². The third-order valence-electron chi connectivity index (χ3n) is 5.93. The van der Waals surface area contributed by atoms with Crippen LogP contribution >= 0.6 is 0 Å². The highest BCUT2D eigenvalue weighted by molar-refractivity contribution is 7.85. The van der Waals surface area contributed by atoms with E-state index >= 15 is 0 Å². The summed E-state index contributed by atoms with van der Waals surface area (Å²) in [6, 6.07) is 5.58. The summed E-state index contributed by atoms with van der Waals surface area (Å²) in [5, 5.41) is 0. The molecule has 1 aromatic rings. The third-order valence-corrected chi connectivity index (χ3v) is 6.78. The largest absolute Gasteiger partial charge is 0.744 e. The molecule has 0 aliphatic heterocycles. The van der Waals surface area contributed by atoms with Crippen molar-refractivity contribution in [3.63, 3.8) is 0 Å². The van der Waals surface area contributed by atoms with E-state index in [9.17, 15) is 13.0 Å². The highest BCUT2D eigenvalue weighted by Gasteiger charge is 1.98. The smallest absolute Gasteiger partial charge is 0.124 e. The van der Waals surface area contributed by atoms with Gasteiger partial charge in [-0.25, -0.2) is 8.42 Å². The van der Waals surface area contributed by atoms with Gasteiger partial charge in [0, 0.05) is 0 Å². The average molecular weight is 482 g/mol. The van der Waals surface area contributed by atoms with Gasteiger partial charge in [-0.3, -0.25) is 0 Å². The Morgan fingerprint density at radius 2 is 1.09 bits per heavy atom. The molecule has 0 aromatic heterocycles. The Balaban J connectivity index is 0.000000716. The van der Waals surface area contributed by atoms with Crippen LogP contribution in [0.25, 0.3) is 6.08 Å². The van der Waals surface area contributed by atoms with Crippen molar-refractivity contribution in [2.24, 2.45) is 0 Å². The van der Waals surface area contributed by atoms with Crippen molar-refractivity contribution in [1.82, 2.24) is 0 Å². The van der Waals surface area contributed by atoms with Crippen molar-refractivity contribution >= 4 is 16.2 Å². The zero-order chi connectivity index (χ0) is 24.8. The average Bonchev–Trinajstić information content (AvgIpc) is 2.78. The number of unbranched alkanes of at least 4 members (excludes halogenated alkanes) is 15. The number of benzene rings is 1. The molecule has 5 heteroatoms. The standard InChI is InChI=1S/C20H43N.C8H8O3S/c1-4-5-6-7-8-9-10-11-12-13-14-15-16-17-18-19-20-21(2)3;1-2-7-3-5-8(6-4-7)12(9,10)11/h4-20H2,1-3H3;2-6H,1H2,(H,9,10,11). The molecule has 0 atom stereocenters. The van der Waals surface area contributed by atoms with Gasteiger partial charge in [0.15, 0.2) is 0 Å². The number of hydrogen-bond donors (Lipinski definition) is 1. The molecule has 1 aromatic carbocycles. The van der Waals surface area contributed by atoms with Gasteiger partial charge < -0.3 is 9.45 Å². The fraction of sp³-hybridized carbons (Fsp3) is 0.714. The van der Waals surface area contributed by atoms with Gasteiger partial charge in [-0.05, 0) is 30.5 Å². The molecular formula is C28H51NO3S. The molecule has 192 valence electrons. The predicted octanol–water partition coefficient (Wildman–Crippen LogP) is 6.63. The van der Waals surface area contributed by atoms with E-state index in [1.54, 1.807) is 11.0 Å². The maximum Gasteiger partial charge on any atom is 0.124 e. The molecule has 1 N–H and O–H groups in total. The lowest BCUT2D eigenvalue weighted by Gasteiger charge is -2.06. The summed E-state index contributed by atoms with van der Waals surface area (Å²) in [7, 11) is 0.198. The van der Waals surface area contributed by atoms with E-state index in [0.29, 0.717) is 0 Å². The van der Waals surface area contributed by atoms with Crippen LogP contribution in [0.2, 0.25) is 0 Å². The molecule has 0 saturated heterocycles. The Bertz CT molecular complexity index is 669. The van der Waals surface area contributed by atoms with Crippen LogP contribution in [0.1, 0.15) is 115 Å². The fourth-order valence-electron chi connectivity index (χ4n) is 3.80. The number of nitrogens with one attached hydrogen (secondary N) is 1. The lowest BCUT2D eigenvalue weighted by molar-refractivity contribution is -0.858. The molecule has 0 unspecified atom stereocenters. The molecule has 0 spiro atoms. The Hall–Kier alpha value is -1.17. The summed E-state index contributed by atoms with van der Waals surface area (Å²) in [6.45, 7) is 7.14. The zero-order valence-electron chi connectivity index (χ0n) is 21.7. The number of hydrogen-bond acceptors (Lipinski definition) is 3. The van der Waals surface area contributed by atoms with E-state index in [2.05, 4.69) is 27.6 Å². The van der Waals surface area contributed by atoms with Crippen molar-refractivity contribution in [2.45, 2.75) is 115 Å². The van der Waals surface area contributed by atoms with Crippen LogP contribution in [0.3, 0.4) is 0 Å². The second-order valence-corrected chi connectivity index (χ2v) is 10.9. The second-order valence-electron chi connectivity index (χ2n) is 9.49. The molecule has 0 aliphatic rings. The first-order valence-corrected chi connectivity index (χ1v) is 14.7. The van der Waals surface area contributed by atoms with Crippen LogP contribution in [0.15, 0.2) is 35.7 Å². The van der Waals surface area contributed by atoms with Gasteiger partial charge in [0.2, 0.25) is 0 Å². The minimum Gasteiger partial charge on any atom is -0.744 e. The van der Waals surface area contributed by atoms with Crippen molar-refractivity contribution < 1.29 is 17.9 Å². The summed E-state index contributed by atoms with van der Waals surface area (Å²) in [4.78, 5) is 1.38. The lowest BCUT2D eigenvalue weighted by Crippen LogP contribution is -3.05. The van der Waals surface area contributed by atoms with Crippen LogP contribution in [0, 0.1) is 0 Å². The lowest BCUT2D eigenvalue weighted by atomic mass is 10.0. The molecule has 0 fully saturated rings. The number of rotatable bonds is 19. The normalized spacial score (nSPS) is 11.3. The third kappa shape index (κ3) is 21.1. The number of quaternary nitrogens is 1. The van der Waals surface area contributed by atoms with E-state index in [-0.39, 0.29) is 4.90 Å². The van der Waals surface area contributed by atoms with E-state index < -0.39 is 10.1 Å². The summed E-state index contributed by atoms with van der Waals surface area (Å²) in [6.07, 6.45) is 25.0. The Labute approximate surface area is 205 Å². The van der Waals surface area contributed by atoms with Crippen LogP contribution in [0.5, 0.6) is 0 Å². The van der Waals surface area contributed by atoms with Gasteiger partial charge in [0.1, 0.15) is 10.1 Å². The predicted molar refractivity (Wildman–Crippen MR) is 142 cm³/mol. The summed E-state index contributed by atoms with van der Waals surface area (Å²) in [5.74, 6) is 0. The molecule has 0 amide bonds. The van der Waals surface area contributed by atoms with Gasteiger partial charge in [-0.2, -0.15) is 0 Å². The maximum absolute atomic E-state index is 10.5. The van der Waals surface area contributed by atoms with E-state index in [0.717, 1.165) is 5.56 Å². The maximum atomic E-state index is 10.5. The molecular weight excluding hydrogens is 430 g/mol. The Morgan fingerprint density at radius 3 is 1.39 bits per heavy atom. The van der Waals surface area contributed by atoms with Gasteiger partial charge >= 0.3 is 0 Å². The molecule has 1 rings (SSSR count). The quantitative estimate of drug-likeness (QED) is 0.178. The molecule has 0 radical (unpaired) electrons. The van der Waals surface area contributed by atoms with Crippen molar-refractivity contribution in [3.05, 3.63) is 36.4 Å². The van der Waals surface area contributed by atoms with Crippen LogP contribution in [-0.4, -0.2) is 33.6 Å². The van der Waals surface area contributed by atoms with Gasteiger partial charge in [-0.15, -0.1) is 0 Å². The molecule has 0 saturated carbocycles.